The van der Waals surface area contributed by atoms with E-state index in [-0.39, 0.29) is 17.1 Å². The molecular weight excluding hydrogens is 280 g/mol. The van der Waals surface area contributed by atoms with Crippen LogP contribution in [0.2, 0.25) is 0 Å². The zero-order valence-corrected chi connectivity index (χ0v) is 12.2. The van der Waals surface area contributed by atoms with E-state index in [1.165, 1.54) is 6.07 Å². The van der Waals surface area contributed by atoms with Crippen LogP contribution in [0.5, 0.6) is 0 Å². The van der Waals surface area contributed by atoms with Crippen LogP contribution in [-0.2, 0) is 10.0 Å². The van der Waals surface area contributed by atoms with Gasteiger partial charge in [0.25, 0.3) is 5.69 Å². The Morgan fingerprint density at radius 3 is 2.60 bits per heavy atom. The molecule has 0 saturated heterocycles. The highest BCUT2D eigenvalue weighted by Crippen LogP contribution is 2.25. The Kier molecular flexibility index (Phi) is 5.25. The van der Waals surface area contributed by atoms with Crippen molar-refractivity contribution in [3.05, 3.63) is 33.4 Å². The monoisotopic (exact) mass is 296 g/mol. The number of rotatable bonds is 6. The lowest BCUT2D eigenvalue weighted by atomic mass is 10.1. The van der Waals surface area contributed by atoms with Gasteiger partial charge in [-0.3, -0.25) is 10.1 Å². The molecule has 0 radical (unpaired) electrons. The lowest BCUT2D eigenvalue weighted by molar-refractivity contribution is -0.385. The van der Waals surface area contributed by atoms with Crippen molar-refractivity contribution < 1.29 is 13.3 Å². The Labute approximate surface area is 118 Å². The first kappa shape index (κ1) is 16.1. The van der Waals surface area contributed by atoms with E-state index in [9.17, 15) is 18.5 Å². The molecule has 0 aliphatic carbocycles. The molecule has 0 spiro atoms. The fraction of sp³-hybridized carbons (Fsp3) is 0.385. The number of sulfonamides is 1. The molecule has 6 nitrogen and oxygen atoms in total. The first-order valence-corrected chi connectivity index (χ1v) is 7.46. The van der Waals surface area contributed by atoms with Gasteiger partial charge in [0, 0.05) is 24.6 Å². The molecule has 0 unspecified atom stereocenters. The van der Waals surface area contributed by atoms with Crippen LogP contribution >= 0.6 is 0 Å². The SMILES string of the molecule is C#CCCCNS(=O)(=O)c1cc(C)c(C)c([N+](=O)[O-])c1. The number of hydrogen-bond donors (Lipinski definition) is 1. The molecule has 20 heavy (non-hydrogen) atoms. The molecule has 0 aliphatic heterocycles. The van der Waals surface area contributed by atoms with Crippen molar-refractivity contribution in [1.82, 2.24) is 4.72 Å². The highest BCUT2D eigenvalue weighted by Gasteiger charge is 2.21. The first-order valence-electron chi connectivity index (χ1n) is 5.98. The molecular formula is C13H16N2O4S. The Morgan fingerprint density at radius 1 is 1.40 bits per heavy atom. The predicted octanol–water partition coefficient (Wildman–Crippen LogP) is 1.90. The molecule has 7 heteroatoms. The highest BCUT2D eigenvalue weighted by atomic mass is 32.2. The first-order chi connectivity index (χ1) is 9.29. The number of hydrogen-bond acceptors (Lipinski definition) is 4. The van der Waals surface area contributed by atoms with Gasteiger partial charge in [0.05, 0.1) is 9.82 Å². The molecule has 0 heterocycles. The number of nitrogens with zero attached hydrogens (tertiary/aromatic N) is 1. The van der Waals surface area contributed by atoms with Crippen LogP contribution in [0.3, 0.4) is 0 Å². The maximum Gasteiger partial charge on any atom is 0.273 e. The second-order valence-corrected chi connectivity index (χ2v) is 6.11. The van der Waals surface area contributed by atoms with Crippen molar-refractivity contribution in [2.24, 2.45) is 0 Å². The zero-order valence-electron chi connectivity index (χ0n) is 11.3. The van der Waals surface area contributed by atoms with E-state index in [0.717, 1.165) is 6.07 Å². The zero-order chi connectivity index (χ0) is 15.3. The number of nitro groups is 1. The van der Waals surface area contributed by atoms with E-state index in [0.29, 0.717) is 24.0 Å². The third kappa shape index (κ3) is 3.79. The summed E-state index contributed by atoms with van der Waals surface area (Å²) in [5.41, 5.74) is 0.818. The van der Waals surface area contributed by atoms with Gasteiger partial charge in [-0.15, -0.1) is 12.3 Å². The minimum Gasteiger partial charge on any atom is -0.258 e. The number of benzene rings is 1. The van der Waals surface area contributed by atoms with E-state index in [1.54, 1.807) is 13.8 Å². The van der Waals surface area contributed by atoms with Gasteiger partial charge in [-0.1, -0.05) is 0 Å². The second kappa shape index (κ2) is 6.50. The van der Waals surface area contributed by atoms with Gasteiger partial charge in [-0.2, -0.15) is 0 Å². The number of terminal acetylenes is 1. The summed E-state index contributed by atoms with van der Waals surface area (Å²) < 4.78 is 26.5. The number of nitro benzene ring substituents is 1. The molecule has 0 saturated carbocycles. The van der Waals surface area contributed by atoms with Crippen molar-refractivity contribution in [3.8, 4) is 12.3 Å². The maximum absolute atomic E-state index is 12.0. The van der Waals surface area contributed by atoms with Gasteiger partial charge >= 0.3 is 0 Å². The normalized spacial score (nSPS) is 11.1. The van der Waals surface area contributed by atoms with Crippen LogP contribution in [0.1, 0.15) is 24.0 Å². The fourth-order valence-corrected chi connectivity index (χ4v) is 2.81. The quantitative estimate of drug-likeness (QED) is 0.376. The topological polar surface area (TPSA) is 89.3 Å². The summed E-state index contributed by atoms with van der Waals surface area (Å²) in [7, 11) is -3.76. The number of nitrogens with one attached hydrogen (secondary N) is 1. The summed E-state index contributed by atoms with van der Waals surface area (Å²) >= 11 is 0. The van der Waals surface area contributed by atoms with E-state index >= 15 is 0 Å². The smallest absolute Gasteiger partial charge is 0.258 e. The van der Waals surface area contributed by atoms with E-state index in [4.69, 9.17) is 6.42 Å². The maximum atomic E-state index is 12.0. The van der Waals surface area contributed by atoms with E-state index < -0.39 is 14.9 Å². The van der Waals surface area contributed by atoms with Crippen molar-refractivity contribution in [2.45, 2.75) is 31.6 Å². The van der Waals surface area contributed by atoms with Gasteiger partial charge in [-0.05, 0) is 31.9 Å². The third-order valence-electron chi connectivity index (χ3n) is 2.91. The molecule has 1 aromatic carbocycles. The van der Waals surface area contributed by atoms with Crippen LogP contribution in [0.25, 0.3) is 0 Å². The van der Waals surface area contributed by atoms with Gasteiger partial charge < -0.3 is 0 Å². The second-order valence-electron chi connectivity index (χ2n) is 4.35. The van der Waals surface area contributed by atoms with Crippen molar-refractivity contribution in [3.63, 3.8) is 0 Å². The Morgan fingerprint density at radius 2 is 2.05 bits per heavy atom. The van der Waals surface area contributed by atoms with Crippen LogP contribution < -0.4 is 4.72 Å². The van der Waals surface area contributed by atoms with Crippen molar-refractivity contribution in [1.29, 1.82) is 0 Å². The highest BCUT2D eigenvalue weighted by molar-refractivity contribution is 7.89. The van der Waals surface area contributed by atoms with Gasteiger partial charge in [0.1, 0.15) is 0 Å². The molecule has 0 aromatic heterocycles. The Bertz CT molecular complexity index is 660. The molecule has 108 valence electrons. The van der Waals surface area contributed by atoms with Gasteiger partial charge in [0.15, 0.2) is 0 Å². The largest absolute Gasteiger partial charge is 0.273 e. The molecule has 0 bridgehead atoms. The standard InChI is InChI=1S/C13H16N2O4S/c1-4-5-6-7-14-20(18,19)12-8-10(2)11(3)13(9-12)15(16)17/h1,8-9,14H,5-7H2,2-3H3. The molecule has 0 amide bonds. The minimum atomic E-state index is -3.76. The van der Waals surface area contributed by atoms with Gasteiger partial charge in [-0.25, -0.2) is 13.1 Å². The van der Waals surface area contributed by atoms with Crippen LogP contribution in [0.4, 0.5) is 5.69 Å². The summed E-state index contributed by atoms with van der Waals surface area (Å²) in [5, 5.41) is 10.9. The van der Waals surface area contributed by atoms with Crippen molar-refractivity contribution in [2.75, 3.05) is 6.54 Å². The van der Waals surface area contributed by atoms with Crippen LogP contribution in [0.15, 0.2) is 17.0 Å². The number of unbranched alkanes of at least 4 members (excludes halogenated alkanes) is 1. The fourth-order valence-electron chi connectivity index (χ4n) is 1.63. The average molecular weight is 296 g/mol. The molecule has 0 fully saturated rings. The molecule has 0 atom stereocenters. The third-order valence-corrected chi connectivity index (χ3v) is 4.35. The van der Waals surface area contributed by atoms with Gasteiger partial charge in [0.2, 0.25) is 10.0 Å². The van der Waals surface area contributed by atoms with E-state index in [1.807, 2.05) is 0 Å². The molecule has 0 aliphatic rings. The van der Waals surface area contributed by atoms with E-state index in [2.05, 4.69) is 10.6 Å². The summed E-state index contributed by atoms with van der Waals surface area (Å²) in [6.07, 6.45) is 6.06. The minimum absolute atomic E-state index is 0.104. The molecule has 1 aromatic rings. The molecule has 1 N–H and O–H groups in total. The predicted molar refractivity (Wildman–Crippen MR) is 75.8 cm³/mol. The number of aryl methyl sites for hydroxylation is 1. The summed E-state index contributed by atoms with van der Waals surface area (Å²) in [6, 6.07) is 2.50. The van der Waals surface area contributed by atoms with Crippen LogP contribution in [0, 0.1) is 36.3 Å². The Hall–Kier alpha value is -1.91. The van der Waals surface area contributed by atoms with Crippen molar-refractivity contribution >= 4 is 15.7 Å². The summed E-state index contributed by atoms with van der Waals surface area (Å²) in [4.78, 5) is 10.2. The summed E-state index contributed by atoms with van der Waals surface area (Å²) in [6.45, 7) is 3.43. The summed E-state index contributed by atoms with van der Waals surface area (Å²) in [5.74, 6) is 2.41. The lowest BCUT2D eigenvalue weighted by Gasteiger charge is -2.09. The average Bonchev–Trinajstić information content (AvgIpc) is 2.37. The molecule has 1 rings (SSSR count). The Balaban J connectivity index is 3.07. The lowest BCUT2D eigenvalue weighted by Crippen LogP contribution is -2.25. The van der Waals surface area contributed by atoms with Crippen LogP contribution in [-0.4, -0.2) is 19.9 Å².